The number of hydrogen-bond donors (Lipinski definition) is 2. The van der Waals surface area contributed by atoms with Crippen molar-refractivity contribution in [3.8, 4) is 0 Å². The number of carbonyl (C=O) groups is 1. The normalized spacial score (nSPS) is 9.07. The number of unbranched alkanes of at least 4 members (excludes halogenated alkanes) is 2. The van der Waals surface area contributed by atoms with E-state index in [9.17, 15) is 4.79 Å². The van der Waals surface area contributed by atoms with E-state index in [-0.39, 0.29) is 5.91 Å². The van der Waals surface area contributed by atoms with Gasteiger partial charge in [-0.05, 0) is 19.3 Å². The summed E-state index contributed by atoms with van der Waals surface area (Å²) in [5, 5.41) is 2.83. The van der Waals surface area contributed by atoms with Gasteiger partial charge in [0.15, 0.2) is 0 Å². The van der Waals surface area contributed by atoms with E-state index in [4.69, 9.17) is 5.90 Å². The highest BCUT2D eigenvalue weighted by atomic mass is 16.6. The third-order valence-corrected chi connectivity index (χ3v) is 1.74. The van der Waals surface area contributed by atoms with Crippen molar-refractivity contribution in [2.24, 2.45) is 5.90 Å². The Hall–Kier alpha value is -0.610. The summed E-state index contributed by atoms with van der Waals surface area (Å²) in [6, 6.07) is 0. The fourth-order valence-electron chi connectivity index (χ4n) is 1.00. The monoisotopic (exact) mass is 218 g/mol. The van der Waals surface area contributed by atoms with Gasteiger partial charge in [-0.15, -0.1) is 0 Å². The van der Waals surface area contributed by atoms with E-state index < -0.39 is 0 Å². The summed E-state index contributed by atoms with van der Waals surface area (Å²) in [4.78, 5) is 15.5. The largest absolute Gasteiger partial charge is 0.356 e. The van der Waals surface area contributed by atoms with E-state index in [2.05, 4.69) is 10.2 Å². The Morgan fingerprint density at radius 2 is 1.93 bits per heavy atom. The van der Waals surface area contributed by atoms with Crippen LogP contribution in [0.5, 0.6) is 0 Å². The van der Waals surface area contributed by atoms with Crippen LogP contribution >= 0.6 is 0 Å². The van der Waals surface area contributed by atoms with Crippen LogP contribution < -0.4 is 11.2 Å². The minimum Gasteiger partial charge on any atom is -0.356 e. The van der Waals surface area contributed by atoms with Gasteiger partial charge in [0.25, 0.3) is 0 Å². The van der Waals surface area contributed by atoms with E-state index in [1.807, 2.05) is 20.8 Å². The molecule has 3 N–H and O–H groups in total. The van der Waals surface area contributed by atoms with Gasteiger partial charge in [-0.3, -0.25) is 4.79 Å². The molecule has 0 fully saturated rings. The van der Waals surface area contributed by atoms with Crippen molar-refractivity contribution in [3.63, 3.8) is 0 Å². The van der Waals surface area contributed by atoms with E-state index in [1.54, 1.807) is 0 Å². The van der Waals surface area contributed by atoms with E-state index in [0.717, 1.165) is 32.2 Å². The molecule has 0 aromatic carbocycles. The molecule has 0 saturated heterocycles. The molecule has 0 radical (unpaired) electrons. The quantitative estimate of drug-likeness (QED) is 0.484. The van der Waals surface area contributed by atoms with Gasteiger partial charge in [0, 0.05) is 13.0 Å². The first-order chi connectivity index (χ1) is 7.31. The van der Waals surface area contributed by atoms with Gasteiger partial charge in [0.1, 0.15) is 0 Å². The molecular formula is C11H26N2O2. The van der Waals surface area contributed by atoms with Crippen LogP contribution in [0.15, 0.2) is 0 Å². The predicted molar refractivity (Wildman–Crippen MR) is 63.3 cm³/mol. The minimum absolute atomic E-state index is 0.149. The summed E-state index contributed by atoms with van der Waals surface area (Å²) in [6.45, 7) is 7.40. The molecule has 4 heteroatoms. The zero-order valence-corrected chi connectivity index (χ0v) is 10.3. The summed E-state index contributed by atoms with van der Waals surface area (Å²) >= 11 is 0. The highest BCUT2D eigenvalue weighted by Gasteiger charge is 1.98. The van der Waals surface area contributed by atoms with Gasteiger partial charge in [0.2, 0.25) is 5.91 Å². The molecular weight excluding hydrogens is 192 g/mol. The fourth-order valence-corrected chi connectivity index (χ4v) is 1.00. The summed E-state index contributed by atoms with van der Waals surface area (Å²) in [6.07, 6.45) is 4.45. The number of carbonyl (C=O) groups excluding carboxylic acids is 1. The molecule has 0 aliphatic rings. The maximum atomic E-state index is 11.1. The first-order valence-electron chi connectivity index (χ1n) is 5.89. The maximum Gasteiger partial charge on any atom is 0.219 e. The second kappa shape index (κ2) is 15.8. The number of nitrogens with two attached hydrogens (primary N) is 1. The van der Waals surface area contributed by atoms with Gasteiger partial charge in [-0.25, -0.2) is 5.90 Å². The highest BCUT2D eigenvalue weighted by Crippen LogP contribution is 1.99. The third-order valence-electron chi connectivity index (χ3n) is 1.74. The highest BCUT2D eigenvalue weighted by molar-refractivity contribution is 5.75. The lowest BCUT2D eigenvalue weighted by atomic mass is 10.2. The summed E-state index contributed by atoms with van der Waals surface area (Å²) in [5.41, 5.74) is 0. The van der Waals surface area contributed by atoms with Crippen LogP contribution in [0.2, 0.25) is 0 Å². The van der Waals surface area contributed by atoms with Crippen molar-refractivity contribution in [1.29, 1.82) is 0 Å². The van der Waals surface area contributed by atoms with Crippen molar-refractivity contribution < 1.29 is 9.63 Å². The predicted octanol–water partition coefficient (Wildman–Crippen LogP) is 1.99. The van der Waals surface area contributed by atoms with Crippen molar-refractivity contribution in [2.45, 2.75) is 52.9 Å². The number of nitrogens with one attached hydrogen (secondary N) is 1. The van der Waals surface area contributed by atoms with Crippen LogP contribution in [-0.4, -0.2) is 19.1 Å². The van der Waals surface area contributed by atoms with E-state index in [1.165, 1.54) is 0 Å². The molecule has 0 unspecified atom stereocenters. The standard InChI is InChI=1S/C9H20N2O2.C2H6/c1-2-7-11-9(12)6-4-3-5-8-13-10;1-2/h2-8,10H2,1H3,(H,11,12);1-2H3. The number of rotatable bonds is 8. The SMILES string of the molecule is CC.CCCNC(=O)CCCCCON. The lowest BCUT2D eigenvalue weighted by molar-refractivity contribution is -0.121. The Kier molecular flexibility index (Phi) is 17.8. The fraction of sp³-hybridized carbons (Fsp3) is 0.909. The summed E-state index contributed by atoms with van der Waals surface area (Å²) in [7, 11) is 0. The van der Waals surface area contributed by atoms with Crippen molar-refractivity contribution >= 4 is 5.91 Å². The molecule has 0 aliphatic carbocycles. The molecule has 15 heavy (non-hydrogen) atoms. The Morgan fingerprint density at radius 1 is 1.27 bits per heavy atom. The molecule has 4 nitrogen and oxygen atoms in total. The molecule has 0 atom stereocenters. The average Bonchev–Trinajstić information content (AvgIpc) is 2.29. The smallest absolute Gasteiger partial charge is 0.219 e. The van der Waals surface area contributed by atoms with Gasteiger partial charge < -0.3 is 10.2 Å². The third kappa shape index (κ3) is 16.1. The molecule has 92 valence electrons. The van der Waals surface area contributed by atoms with Crippen LogP contribution in [0.4, 0.5) is 0 Å². The van der Waals surface area contributed by atoms with Crippen molar-refractivity contribution in [3.05, 3.63) is 0 Å². The maximum absolute atomic E-state index is 11.1. The van der Waals surface area contributed by atoms with Crippen LogP contribution in [0.3, 0.4) is 0 Å². The second-order valence-corrected chi connectivity index (χ2v) is 3.03. The molecule has 0 saturated carbocycles. The topological polar surface area (TPSA) is 64.3 Å². The zero-order chi connectivity index (χ0) is 11.9. The van der Waals surface area contributed by atoms with Crippen molar-refractivity contribution in [2.75, 3.05) is 13.2 Å². The number of amides is 1. The van der Waals surface area contributed by atoms with Crippen LogP contribution in [0, 0.1) is 0 Å². The number of hydrogen-bond acceptors (Lipinski definition) is 3. The average molecular weight is 218 g/mol. The molecule has 0 spiro atoms. The first kappa shape index (κ1) is 16.8. The Balaban J connectivity index is 0. The van der Waals surface area contributed by atoms with Crippen LogP contribution in [0.25, 0.3) is 0 Å². The lowest BCUT2D eigenvalue weighted by Crippen LogP contribution is -2.23. The molecule has 0 aromatic rings. The Morgan fingerprint density at radius 3 is 2.47 bits per heavy atom. The summed E-state index contributed by atoms with van der Waals surface area (Å²) in [5.74, 6) is 5.01. The van der Waals surface area contributed by atoms with Crippen LogP contribution in [-0.2, 0) is 9.63 Å². The summed E-state index contributed by atoms with van der Waals surface area (Å²) < 4.78 is 0. The van der Waals surface area contributed by atoms with Crippen molar-refractivity contribution in [1.82, 2.24) is 5.32 Å². The zero-order valence-electron chi connectivity index (χ0n) is 10.3. The molecule has 0 heterocycles. The minimum atomic E-state index is 0.149. The van der Waals surface area contributed by atoms with E-state index >= 15 is 0 Å². The van der Waals surface area contributed by atoms with Gasteiger partial charge in [0.05, 0.1) is 6.61 Å². The Bertz CT molecular complexity index is 130. The van der Waals surface area contributed by atoms with Gasteiger partial charge in [-0.1, -0.05) is 27.2 Å². The molecule has 0 bridgehead atoms. The van der Waals surface area contributed by atoms with E-state index in [0.29, 0.717) is 13.0 Å². The molecule has 0 aliphatic heterocycles. The molecule has 0 rings (SSSR count). The van der Waals surface area contributed by atoms with Gasteiger partial charge >= 0.3 is 0 Å². The lowest BCUT2D eigenvalue weighted by Gasteiger charge is -2.02. The van der Waals surface area contributed by atoms with Crippen LogP contribution in [0.1, 0.15) is 52.9 Å². The Labute approximate surface area is 93.5 Å². The molecule has 1 amide bonds. The second-order valence-electron chi connectivity index (χ2n) is 3.03. The first-order valence-corrected chi connectivity index (χ1v) is 5.89. The van der Waals surface area contributed by atoms with Gasteiger partial charge in [-0.2, -0.15) is 0 Å². The molecule has 0 aromatic heterocycles.